The van der Waals surface area contributed by atoms with Gasteiger partial charge in [0.2, 0.25) is 0 Å². The number of carbonyl (C=O) groups is 1. The fourth-order valence-electron chi connectivity index (χ4n) is 3.39. The molecule has 2 N–H and O–H groups in total. The maximum absolute atomic E-state index is 11.8. The van der Waals surface area contributed by atoms with Gasteiger partial charge in [-0.3, -0.25) is 0 Å². The van der Waals surface area contributed by atoms with Crippen LogP contribution in [-0.2, 0) is 6.54 Å². The van der Waals surface area contributed by atoms with Crippen molar-refractivity contribution in [2.75, 3.05) is 6.61 Å². The molecule has 1 aromatic carbocycles. The second kappa shape index (κ2) is 6.75. The summed E-state index contributed by atoms with van der Waals surface area (Å²) >= 11 is 0. The molecule has 0 aliphatic carbocycles. The van der Waals surface area contributed by atoms with Crippen molar-refractivity contribution in [2.45, 2.75) is 59.4 Å². The number of hydrogen-bond donors (Lipinski definition) is 2. The molecule has 2 aromatic rings. The van der Waals surface area contributed by atoms with Crippen LogP contribution in [0.25, 0.3) is 10.9 Å². The molecule has 0 saturated carbocycles. The molecule has 1 aromatic heterocycles. The van der Waals surface area contributed by atoms with Crippen molar-refractivity contribution in [3.63, 3.8) is 0 Å². The van der Waals surface area contributed by atoms with E-state index in [1.807, 2.05) is 6.92 Å². The molecule has 4 nitrogen and oxygen atoms in total. The zero-order valence-electron chi connectivity index (χ0n) is 14.7. The molecular formula is C19H27NO3. The molecule has 126 valence electrons. The summed E-state index contributed by atoms with van der Waals surface area (Å²) in [7, 11) is 0. The minimum absolute atomic E-state index is 0.0998. The fraction of sp³-hybridized carbons (Fsp3) is 0.526. The molecule has 0 aliphatic heterocycles. The average molecular weight is 317 g/mol. The zero-order valence-corrected chi connectivity index (χ0v) is 14.7. The summed E-state index contributed by atoms with van der Waals surface area (Å²) in [5.41, 5.74) is 4.52. The number of nitrogens with zero attached hydrogens (tertiary/aromatic N) is 1. The Balaban J connectivity index is 2.90. The van der Waals surface area contributed by atoms with Gasteiger partial charge in [0, 0.05) is 24.2 Å². The molecule has 0 fully saturated rings. The summed E-state index contributed by atoms with van der Waals surface area (Å²) < 4.78 is 2.06. The molecule has 23 heavy (non-hydrogen) atoms. The van der Waals surface area contributed by atoms with Crippen LogP contribution in [0.1, 0.15) is 73.1 Å². The Hall–Kier alpha value is -1.81. The molecular weight excluding hydrogens is 290 g/mol. The quantitative estimate of drug-likeness (QED) is 0.836. The van der Waals surface area contributed by atoms with Gasteiger partial charge in [-0.25, -0.2) is 4.79 Å². The number of aryl methyl sites for hydroxylation is 1. The number of carboxylic acid groups (broad SMARTS) is 1. The van der Waals surface area contributed by atoms with Gasteiger partial charge < -0.3 is 14.8 Å². The van der Waals surface area contributed by atoms with Gasteiger partial charge in [-0.2, -0.15) is 0 Å². The van der Waals surface area contributed by atoms with Crippen molar-refractivity contribution in [1.29, 1.82) is 0 Å². The third kappa shape index (κ3) is 3.13. The highest BCUT2D eigenvalue weighted by Crippen LogP contribution is 2.36. The number of carboxylic acids is 1. The lowest BCUT2D eigenvalue weighted by Gasteiger charge is -2.12. The van der Waals surface area contributed by atoms with Crippen LogP contribution in [0.2, 0.25) is 0 Å². The molecule has 0 bridgehead atoms. The van der Waals surface area contributed by atoms with Crippen LogP contribution in [-0.4, -0.2) is 27.4 Å². The summed E-state index contributed by atoms with van der Waals surface area (Å²) in [5.74, 6) is -0.300. The molecule has 2 rings (SSSR count). The Kier molecular flexibility index (Phi) is 5.15. The number of fused-ring (bicyclic) bond motifs is 1. The monoisotopic (exact) mass is 317 g/mol. The van der Waals surface area contributed by atoms with Gasteiger partial charge in [-0.05, 0) is 48.4 Å². The van der Waals surface area contributed by atoms with Gasteiger partial charge in [0.05, 0.1) is 11.1 Å². The molecule has 0 unspecified atom stereocenters. The predicted molar refractivity (Wildman–Crippen MR) is 93.5 cm³/mol. The number of aromatic carboxylic acids is 1. The summed E-state index contributed by atoms with van der Waals surface area (Å²) in [4.78, 5) is 11.8. The van der Waals surface area contributed by atoms with Crippen LogP contribution in [0.3, 0.4) is 0 Å². The molecule has 0 spiro atoms. The highest BCUT2D eigenvalue weighted by atomic mass is 16.4. The third-order valence-electron chi connectivity index (χ3n) is 4.50. The first-order valence-corrected chi connectivity index (χ1v) is 8.30. The van der Waals surface area contributed by atoms with E-state index < -0.39 is 5.97 Å². The number of rotatable bonds is 6. The topological polar surface area (TPSA) is 62.5 Å². The van der Waals surface area contributed by atoms with Crippen LogP contribution in [0.4, 0.5) is 0 Å². The zero-order chi connectivity index (χ0) is 17.3. The van der Waals surface area contributed by atoms with E-state index in [0.29, 0.717) is 24.4 Å². The van der Waals surface area contributed by atoms with Crippen molar-refractivity contribution in [1.82, 2.24) is 4.57 Å². The molecule has 4 heteroatoms. The van der Waals surface area contributed by atoms with Crippen molar-refractivity contribution in [3.05, 3.63) is 34.5 Å². The Morgan fingerprint density at radius 3 is 2.30 bits per heavy atom. The number of aromatic nitrogens is 1. The fourth-order valence-corrected chi connectivity index (χ4v) is 3.39. The average Bonchev–Trinajstić information content (AvgIpc) is 2.75. The van der Waals surface area contributed by atoms with E-state index >= 15 is 0 Å². The van der Waals surface area contributed by atoms with Crippen molar-refractivity contribution >= 4 is 16.9 Å². The number of hydrogen-bond acceptors (Lipinski definition) is 2. The first-order chi connectivity index (χ1) is 10.8. The lowest BCUT2D eigenvalue weighted by atomic mass is 9.93. The molecule has 0 aliphatic rings. The van der Waals surface area contributed by atoms with Crippen LogP contribution in [0.5, 0.6) is 0 Å². The molecule has 0 radical (unpaired) electrons. The van der Waals surface area contributed by atoms with Gasteiger partial charge in [0.15, 0.2) is 0 Å². The van der Waals surface area contributed by atoms with E-state index in [4.69, 9.17) is 0 Å². The Labute approximate surface area is 137 Å². The second-order valence-corrected chi connectivity index (χ2v) is 6.81. The van der Waals surface area contributed by atoms with Gasteiger partial charge in [0.25, 0.3) is 0 Å². The summed E-state index contributed by atoms with van der Waals surface area (Å²) in [6.07, 6.45) is 0.618. The Bertz CT molecular complexity index is 726. The minimum atomic E-state index is -0.893. The van der Waals surface area contributed by atoms with E-state index in [0.717, 1.165) is 22.2 Å². The number of aliphatic hydroxyl groups excluding tert-OH is 1. The Morgan fingerprint density at radius 1 is 1.17 bits per heavy atom. The highest BCUT2D eigenvalue weighted by Gasteiger charge is 2.22. The second-order valence-electron chi connectivity index (χ2n) is 6.81. The van der Waals surface area contributed by atoms with Crippen LogP contribution >= 0.6 is 0 Å². The van der Waals surface area contributed by atoms with E-state index in [2.05, 4.69) is 38.3 Å². The largest absolute Gasteiger partial charge is 0.478 e. The van der Waals surface area contributed by atoms with Crippen LogP contribution in [0.15, 0.2) is 12.1 Å². The van der Waals surface area contributed by atoms with Crippen molar-refractivity contribution in [2.24, 2.45) is 0 Å². The van der Waals surface area contributed by atoms with Gasteiger partial charge >= 0.3 is 5.97 Å². The van der Waals surface area contributed by atoms with Gasteiger partial charge in [-0.15, -0.1) is 0 Å². The van der Waals surface area contributed by atoms with Crippen molar-refractivity contribution < 1.29 is 15.0 Å². The summed E-state index contributed by atoms with van der Waals surface area (Å²) in [6, 6.07) is 3.94. The highest BCUT2D eigenvalue weighted by molar-refractivity contribution is 6.04. The maximum atomic E-state index is 11.8. The number of benzene rings is 1. The predicted octanol–water partition coefficient (Wildman–Crippen LogP) is 4.28. The van der Waals surface area contributed by atoms with E-state index in [9.17, 15) is 15.0 Å². The maximum Gasteiger partial charge on any atom is 0.337 e. The minimum Gasteiger partial charge on any atom is -0.478 e. The first kappa shape index (κ1) is 17.5. The van der Waals surface area contributed by atoms with Gasteiger partial charge in [-0.1, -0.05) is 27.7 Å². The standard InChI is InChI=1S/C19H27NO3/c1-11(2)14-9-15-17(12(3)4)13(5)20(7-6-8-21)18(15)16(10-14)19(22)23/h9-12,21H,6-8H2,1-5H3,(H,22,23). The van der Waals surface area contributed by atoms with E-state index in [1.165, 1.54) is 5.56 Å². The van der Waals surface area contributed by atoms with E-state index in [1.54, 1.807) is 6.07 Å². The third-order valence-corrected chi connectivity index (χ3v) is 4.50. The normalized spacial score (nSPS) is 11.8. The number of aliphatic hydroxyl groups is 1. The Morgan fingerprint density at radius 2 is 1.83 bits per heavy atom. The SMILES string of the molecule is Cc1c(C(C)C)c2cc(C(C)C)cc(C(=O)O)c2n1CCCO. The molecule has 1 heterocycles. The first-order valence-electron chi connectivity index (χ1n) is 8.30. The molecule has 0 saturated heterocycles. The summed E-state index contributed by atoms with van der Waals surface area (Å²) in [5, 5.41) is 19.9. The molecule has 0 amide bonds. The molecule has 0 atom stereocenters. The van der Waals surface area contributed by atoms with Crippen LogP contribution < -0.4 is 0 Å². The van der Waals surface area contributed by atoms with Crippen LogP contribution in [0, 0.1) is 6.92 Å². The van der Waals surface area contributed by atoms with Gasteiger partial charge in [0.1, 0.15) is 0 Å². The van der Waals surface area contributed by atoms with E-state index in [-0.39, 0.29) is 12.5 Å². The smallest absolute Gasteiger partial charge is 0.337 e. The summed E-state index contributed by atoms with van der Waals surface area (Å²) in [6.45, 7) is 11.2. The lowest BCUT2D eigenvalue weighted by Crippen LogP contribution is -2.07. The van der Waals surface area contributed by atoms with Crippen molar-refractivity contribution in [3.8, 4) is 0 Å². The lowest BCUT2D eigenvalue weighted by molar-refractivity contribution is 0.0698.